The van der Waals surface area contributed by atoms with E-state index in [-0.39, 0.29) is 0 Å². The molecule has 2 unspecified atom stereocenters. The van der Waals surface area contributed by atoms with Crippen molar-refractivity contribution < 1.29 is 4.74 Å². The monoisotopic (exact) mass is 256 g/mol. The molecule has 1 fully saturated rings. The molecule has 0 radical (unpaired) electrons. The van der Waals surface area contributed by atoms with Crippen LogP contribution in [0.2, 0.25) is 0 Å². The third-order valence-corrected chi connectivity index (χ3v) is 3.84. The molecule has 0 saturated carbocycles. The highest BCUT2D eigenvalue weighted by atomic mass is 16.5. The van der Waals surface area contributed by atoms with Crippen LogP contribution in [0.15, 0.2) is 0 Å². The summed E-state index contributed by atoms with van der Waals surface area (Å²) in [4.78, 5) is 2.59. The van der Waals surface area contributed by atoms with Gasteiger partial charge in [0.25, 0.3) is 0 Å². The molecule has 1 heterocycles. The molecule has 2 atom stereocenters. The van der Waals surface area contributed by atoms with Gasteiger partial charge in [0.1, 0.15) is 0 Å². The predicted octanol–water partition coefficient (Wildman–Crippen LogP) is 2.65. The third-order valence-electron chi connectivity index (χ3n) is 3.84. The molecule has 0 aromatic heterocycles. The van der Waals surface area contributed by atoms with E-state index in [2.05, 4.69) is 31.0 Å². The molecule has 1 aliphatic heterocycles. The van der Waals surface area contributed by atoms with E-state index in [1.807, 2.05) is 7.05 Å². The van der Waals surface area contributed by atoms with Gasteiger partial charge in [0.15, 0.2) is 0 Å². The second kappa shape index (κ2) is 8.89. The molecule has 1 rings (SSSR count). The van der Waals surface area contributed by atoms with Crippen molar-refractivity contribution in [3.63, 3.8) is 0 Å². The Balaban J connectivity index is 2.28. The first kappa shape index (κ1) is 15.9. The van der Waals surface area contributed by atoms with Gasteiger partial charge < -0.3 is 10.1 Å². The number of nitrogens with one attached hydrogen (secondary N) is 1. The predicted molar refractivity (Wildman–Crippen MR) is 78.1 cm³/mol. The summed E-state index contributed by atoms with van der Waals surface area (Å²) in [6.45, 7) is 10.2. The molecule has 0 aliphatic carbocycles. The normalized spacial score (nSPS) is 24.3. The standard InChI is InChI=1S/C15H32N2O/c1-5-6-7-10-17(13(2)3)12-15-9-8-14(18-15)11-16-4/h13-16H,5-12H2,1-4H3. The molecule has 0 aromatic rings. The van der Waals surface area contributed by atoms with Crippen LogP contribution in [0.4, 0.5) is 0 Å². The number of rotatable bonds is 9. The zero-order chi connectivity index (χ0) is 13.4. The second-order valence-electron chi connectivity index (χ2n) is 5.81. The van der Waals surface area contributed by atoms with Crippen molar-refractivity contribution in [3.8, 4) is 0 Å². The third kappa shape index (κ3) is 5.68. The van der Waals surface area contributed by atoms with Crippen LogP contribution in [0.1, 0.15) is 52.9 Å². The minimum absolute atomic E-state index is 0.435. The summed E-state index contributed by atoms with van der Waals surface area (Å²) in [5, 5.41) is 3.21. The number of hydrogen-bond acceptors (Lipinski definition) is 3. The van der Waals surface area contributed by atoms with E-state index in [1.54, 1.807) is 0 Å². The Morgan fingerprint density at radius 2 is 1.94 bits per heavy atom. The highest BCUT2D eigenvalue weighted by Gasteiger charge is 2.26. The lowest BCUT2D eigenvalue weighted by Crippen LogP contribution is -2.38. The number of likely N-dealkylation sites (N-methyl/N-ethyl adjacent to an activating group) is 1. The Morgan fingerprint density at radius 3 is 2.56 bits per heavy atom. The second-order valence-corrected chi connectivity index (χ2v) is 5.81. The van der Waals surface area contributed by atoms with Gasteiger partial charge >= 0.3 is 0 Å². The maximum absolute atomic E-state index is 6.08. The van der Waals surface area contributed by atoms with Crippen LogP contribution in [-0.4, -0.2) is 49.8 Å². The maximum Gasteiger partial charge on any atom is 0.0707 e. The first-order valence-corrected chi connectivity index (χ1v) is 7.71. The highest BCUT2D eigenvalue weighted by Crippen LogP contribution is 2.21. The van der Waals surface area contributed by atoms with Gasteiger partial charge in [-0.05, 0) is 46.7 Å². The molecule has 0 aromatic carbocycles. The van der Waals surface area contributed by atoms with E-state index in [0.717, 1.165) is 13.1 Å². The number of unbranched alkanes of at least 4 members (excludes halogenated alkanes) is 2. The number of hydrogen-bond donors (Lipinski definition) is 1. The van der Waals surface area contributed by atoms with Gasteiger partial charge in [-0.2, -0.15) is 0 Å². The molecule has 3 nitrogen and oxygen atoms in total. The summed E-state index contributed by atoms with van der Waals surface area (Å²) in [6.07, 6.45) is 7.29. The van der Waals surface area contributed by atoms with E-state index in [9.17, 15) is 0 Å². The van der Waals surface area contributed by atoms with Crippen LogP contribution in [0.25, 0.3) is 0 Å². The van der Waals surface area contributed by atoms with Crippen molar-refractivity contribution in [3.05, 3.63) is 0 Å². The lowest BCUT2D eigenvalue weighted by atomic mass is 10.1. The molecule has 1 N–H and O–H groups in total. The fraction of sp³-hybridized carbons (Fsp3) is 1.00. The topological polar surface area (TPSA) is 24.5 Å². The largest absolute Gasteiger partial charge is 0.372 e. The van der Waals surface area contributed by atoms with Crippen molar-refractivity contribution >= 4 is 0 Å². The first-order valence-electron chi connectivity index (χ1n) is 7.71. The molecule has 1 saturated heterocycles. The summed E-state index contributed by atoms with van der Waals surface area (Å²) in [7, 11) is 2.00. The number of nitrogens with zero attached hydrogens (tertiary/aromatic N) is 1. The Labute approximate surface area is 113 Å². The Hall–Kier alpha value is -0.120. The van der Waals surface area contributed by atoms with E-state index >= 15 is 0 Å². The van der Waals surface area contributed by atoms with Gasteiger partial charge in [-0.25, -0.2) is 0 Å². The van der Waals surface area contributed by atoms with Crippen molar-refractivity contribution in [2.75, 3.05) is 26.7 Å². The molecule has 0 amide bonds. The summed E-state index contributed by atoms with van der Waals surface area (Å²) >= 11 is 0. The van der Waals surface area contributed by atoms with E-state index in [4.69, 9.17) is 4.74 Å². The Kier molecular flexibility index (Phi) is 7.87. The molecule has 0 bridgehead atoms. The average molecular weight is 256 g/mol. The zero-order valence-corrected chi connectivity index (χ0v) is 12.7. The Morgan fingerprint density at radius 1 is 1.22 bits per heavy atom. The number of ether oxygens (including phenoxy) is 1. The van der Waals surface area contributed by atoms with Gasteiger partial charge in [0, 0.05) is 19.1 Å². The molecular weight excluding hydrogens is 224 g/mol. The van der Waals surface area contributed by atoms with Crippen molar-refractivity contribution in [1.82, 2.24) is 10.2 Å². The van der Waals surface area contributed by atoms with Gasteiger partial charge in [-0.1, -0.05) is 19.8 Å². The fourth-order valence-corrected chi connectivity index (χ4v) is 2.68. The summed E-state index contributed by atoms with van der Waals surface area (Å²) in [6, 6.07) is 0.633. The zero-order valence-electron chi connectivity index (χ0n) is 12.7. The summed E-state index contributed by atoms with van der Waals surface area (Å²) < 4.78 is 6.08. The van der Waals surface area contributed by atoms with Gasteiger partial charge in [0.2, 0.25) is 0 Å². The van der Waals surface area contributed by atoms with Gasteiger partial charge in [0.05, 0.1) is 12.2 Å². The van der Waals surface area contributed by atoms with Crippen molar-refractivity contribution in [2.24, 2.45) is 0 Å². The van der Waals surface area contributed by atoms with E-state index in [0.29, 0.717) is 18.2 Å². The van der Waals surface area contributed by atoms with Gasteiger partial charge in [-0.15, -0.1) is 0 Å². The molecular formula is C15H32N2O. The minimum atomic E-state index is 0.435. The smallest absolute Gasteiger partial charge is 0.0707 e. The Bertz CT molecular complexity index is 209. The minimum Gasteiger partial charge on any atom is -0.372 e. The summed E-state index contributed by atoms with van der Waals surface area (Å²) in [5.74, 6) is 0. The van der Waals surface area contributed by atoms with Crippen molar-refractivity contribution in [2.45, 2.75) is 71.1 Å². The van der Waals surface area contributed by atoms with Crippen LogP contribution in [0.5, 0.6) is 0 Å². The van der Waals surface area contributed by atoms with Crippen LogP contribution in [0.3, 0.4) is 0 Å². The molecule has 108 valence electrons. The molecule has 3 heteroatoms. The molecule has 0 spiro atoms. The van der Waals surface area contributed by atoms with Crippen molar-refractivity contribution in [1.29, 1.82) is 0 Å². The fourth-order valence-electron chi connectivity index (χ4n) is 2.68. The lowest BCUT2D eigenvalue weighted by Gasteiger charge is -2.29. The van der Waals surface area contributed by atoms with Gasteiger partial charge in [-0.3, -0.25) is 4.90 Å². The van der Waals surface area contributed by atoms with Crippen LogP contribution in [0, 0.1) is 0 Å². The van der Waals surface area contributed by atoms with Crippen LogP contribution in [-0.2, 0) is 4.74 Å². The molecule has 18 heavy (non-hydrogen) atoms. The van der Waals surface area contributed by atoms with E-state index in [1.165, 1.54) is 38.6 Å². The SMILES string of the molecule is CCCCCN(CC1CCC(CNC)O1)C(C)C. The van der Waals surface area contributed by atoms with E-state index < -0.39 is 0 Å². The average Bonchev–Trinajstić information content (AvgIpc) is 2.76. The van der Waals surface area contributed by atoms with Crippen LogP contribution >= 0.6 is 0 Å². The maximum atomic E-state index is 6.08. The lowest BCUT2D eigenvalue weighted by molar-refractivity contribution is 0.0177. The molecule has 1 aliphatic rings. The highest BCUT2D eigenvalue weighted by molar-refractivity contribution is 4.78. The quantitative estimate of drug-likeness (QED) is 0.642. The first-order chi connectivity index (χ1) is 8.67. The van der Waals surface area contributed by atoms with Crippen LogP contribution < -0.4 is 5.32 Å². The summed E-state index contributed by atoms with van der Waals surface area (Å²) in [5.41, 5.74) is 0.